The molecule has 6 heteroatoms. The first-order valence-corrected chi connectivity index (χ1v) is 25.1. The zero-order chi connectivity index (χ0) is 41.5. The van der Waals surface area contributed by atoms with Crippen molar-refractivity contribution < 1.29 is 24.5 Å². The summed E-state index contributed by atoms with van der Waals surface area (Å²) < 4.78 is 5.46. The Hall–Kier alpha value is -1.66. The third-order valence-corrected chi connectivity index (χ3v) is 11.5. The van der Waals surface area contributed by atoms with Crippen LogP contribution in [0.15, 0.2) is 24.3 Å². The maximum absolute atomic E-state index is 12.4. The number of hydrogen-bond donors (Lipinski definition) is 3. The molecular weight excluding hydrogens is 707 g/mol. The van der Waals surface area contributed by atoms with Crippen molar-refractivity contribution >= 4 is 11.9 Å². The van der Waals surface area contributed by atoms with Crippen LogP contribution in [0.5, 0.6) is 0 Å². The first kappa shape index (κ1) is 55.3. The molecule has 2 atom stereocenters. The van der Waals surface area contributed by atoms with Crippen LogP contribution in [0, 0.1) is 0 Å². The van der Waals surface area contributed by atoms with Gasteiger partial charge in [0.25, 0.3) is 0 Å². The van der Waals surface area contributed by atoms with Gasteiger partial charge >= 0.3 is 5.97 Å². The fourth-order valence-electron chi connectivity index (χ4n) is 7.61. The van der Waals surface area contributed by atoms with Gasteiger partial charge < -0.3 is 20.3 Å². The lowest BCUT2D eigenvalue weighted by Gasteiger charge is -2.22. The summed E-state index contributed by atoms with van der Waals surface area (Å²) in [5.74, 6) is -0.0640. The van der Waals surface area contributed by atoms with Crippen molar-refractivity contribution in [1.82, 2.24) is 5.32 Å². The predicted molar refractivity (Wildman–Crippen MR) is 246 cm³/mol. The van der Waals surface area contributed by atoms with E-state index in [1.807, 2.05) is 0 Å². The Morgan fingerprint density at radius 1 is 0.491 bits per heavy atom. The van der Waals surface area contributed by atoms with Gasteiger partial charge in [0.05, 0.1) is 25.4 Å². The smallest absolute Gasteiger partial charge is 0.305 e. The van der Waals surface area contributed by atoms with Crippen molar-refractivity contribution in [2.75, 3.05) is 13.2 Å². The van der Waals surface area contributed by atoms with E-state index in [1.54, 1.807) is 0 Å². The largest absolute Gasteiger partial charge is 0.466 e. The van der Waals surface area contributed by atoms with Crippen LogP contribution in [0.2, 0.25) is 0 Å². The van der Waals surface area contributed by atoms with Crippen LogP contribution >= 0.6 is 0 Å². The topological polar surface area (TPSA) is 95.9 Å². The summed E-state index contributed by atoms with van der Waals surface area (Å²) in [5, 5.41) is 23.1. The molecule has 0 spiro atoms. The van der Waals surface area contributed by atoms with Crippen molar-refractivity contribution in [3.05, 3.63) is 24.3 Å². The van der Waals surface area contributed by atoms with Gasteiger partial charge in [-0.1, -0.05) is 218 Å². The van der Waals surface area contributed by atoms with Gasteiger partial charge in [0.1, 0.15) is 0 Å². The first-order chi connectivity index (χ1) is 28.0. The van der Waals surface area contributed by atoms with Gasteiger partial charge in [-0.3, -0.25) is 9.59 Å². The Morgan fingerprint density at radius 2 is 0.877 bits per heavy atom. The van der Waals surface area contributed by atoms with Crippen molar-refractivity contribution in [1.29, 1.82) is 0 Å². The van der Waals surface area contributed by atoms with Gasteiger partial charge in [0, 0.05) is 12.8 Å². The zero-order valence-electron chi connectivity index (χ0n) is 38.1. The lowest BCUT2D eigenvalue weighted by atomic mass is 10.0. The summed E-state index contributed by atoms with van der Waals surface area (Å²) in [4.78, 5) is 24.4. The van der Waals surface area contributed by atoms with Crippen LogP contribution < -0.4 is 5.32 Å². The number of rotatable bonds is 46. The van der Waals surface area contributed by atoms with Crippen LogP contribution in [0.25, 0.3) is 0 Å². The number of amides is 1. The second-order valence-electron chi connectivity index (χ2n) is 17.1. The standard InChI is InChI=1S/C51H97NO5/c1-3-5-7-9-11-13-15-16-17-18-19-22-25-29-33-37-41-45-51(56)57-46-42-38-34-30-26-23-20-21-24-28-32-36-40-44-50(55)52-48(47-53)49(54)43-39-35-31-27-14-12-10-8-6-4-2/h11,13,16-17,48-49,53-54H,3-10,12,14-15,18-47H2,1-2H3,(H,52,55)/b13-11-,17-16-. The summed E-state index contributed by atoms with van der Waals surface area (Å²) in [6.07, 6.45) is 54.3. The molecule has 0 saturated heterocycles. The molecule has 0 heterocycles. The van der Waals surface area contributed by atoms with Gasteiger partial charge in [-0.25, -0.2) is 0 Å². The molecule has 6 nitrogen and oxygen atoms in total. The van der Waals surface area contributed by atoms with E-state index in [9.17, 15) is 19.8 Å². The van der Waals surface area contributed by atoms with E-state index < -0.39 is 12.1 Å². The van der Waals surface area contributed by atoms with Gasteiger partial charge in [-0.2, -0.15) is 0 Å². The fraction of sp³-hybridized carbons (Fsp3) is 0.882. The molecule has 0 aromatic rings. The second kappa shape index (κ2) is 47.0. The number of esters is 1. The highest BCUT2D eigenvalue weighted by atomic mass is 16.5. The first-order valence-electron chi connectivity index (χ1n) is 25.1. The van der Waals surface area contributed by atoms with Crippen molar-refractivity contribution in [3.63, 3.8) is 0 Å². The van der Waals surface area contributed by atoms with Crippen LogP contribution in [-0.2, 0) is 14.3 Å². The number of aliphatic hydroxyl groups is 2. The molecule has 1 amide bonds. The minimum absolute atomic E-state index is 0.0137. The number of unbranched alkanes of at least 4 members (excludes halogenated alkanes) is 31. The van der Waals surface area contributed by atoms with Gasteiger partial charge in [-0.05, 0) is 57.8 Å². The maximum Gasteiger partial charge on any atom is 0.305 e. The predicted octanol–water partition coefficient (Wildman–Crippen LogP) is 14.7. The molecule has 0 bridgehead atoms. The van der Waals surface area contributed by atoms with Gasteiger partial charge in [-0.15, -0.1) is 0 Å². The van der Waals surface area contributed by atoms with E-state index >= 15 is 0 Å². The molecule has 0 aliphatic carbocycles. The summed E-state index contributed by atoms with van der Waals surface area (Å²) >= 11 is 0. The molecule has 57 heavy (non-hydrogen) atoms. The lowest BCUT2D eigenvalue weighted by molar-refractivity contribution is -0.143. The van der Waals surface area contributed by atoms with E-state index in [0.29, 0.717) is 25.9 Å². The molecule has 0 rings (SSSR count). The number of nitrogens with one attached hydrogen (secondary N) is 1. The monoisotopic (exact) mass is 804 g/mol. The van der Waals surface area contributed by atoms with Crippen LogP contribution in [0.1, 0.15) is 264 Å². The number of carbonyl (C=O) groups excluding carboxylic acids is 2. The Bertz CT molecular complexity index is 889. The Kier molecular flexibility index (Phi) is 45.7. The molecule has 0 aliphatic rings. The zero-order valence-corrected chi connectivity index (χ0v) is 38.1. The van der Waals surface area contributed by atoms with E-state index in [1.165, 1.54) is 173 Å². The Labute approximate surface area is 354 Å². The third-order valence-electron chi connectivity index (χ3n) is 11.5. The minimum Gasteiger partial charge on any atom is -0.466 e. The number of ether oxygens (including phenoxy) is 1. The van der Waals surface area contributed by atoms with E-state index in [-0.39, 0.29) is 18.5 Å². The summed E-state index contributed by atoms with van der Waals surface area (Å²) in [7, 11) is 0. The molecule has 0 aromatic heterocycles. The van der Waals surface area contributed by atoms with Crippen LogP contribution in [-0.4, -0.2) is 47.4 Å². The average molecular weight is 804 g/mol. The second-order valence-corrected chi connectivity index (χ2v) is 17.1. The molecule has 0 radical (unpaired) electrons. The number of aliphatic hydroxyl groups excluding tert-OH is 2. The van der Waals surface area contributed by atoms with Gasteiger partial charge in [0.15, 0.2) is 0 Å². The molecular formula is C51H97NO5. The average Bonchev–Trinajstić information content (AvgIpc) is 3.21. The number of hydrogen-bond acceptors (Lipinski definition) is 5. The molecule has 336 valence electrons. The minimum atomic E-state index is -0.671. The SMILES string of the molecule is CCCCC/C=C\C/C=C\CCCCCCCCCC(=O)OCCCCCCCCCCCCCCCC(=O)NC(CO)C(O)CCCCCCCCCCCC. The highest BCUT2D eigenvalue weighted by molar-refractivity contribution is 5.76. The highest BCUT2D eigenvalue weighted by Crippen LogP contribution is 2.16. The van der Waals surface area contributed by atoms with Crippen molar-refractivity contribution in [2.45, 2.75) is 276 Å². The molecule has 3 N–H and O–H groups in total. The Balaban J connectivity index is 3.43. The molecule has 2 unspecified atom stereocenters. The van der Waals surface area contributed by atoms with E-state index in [2.05, 4.69) is 43.5 Å². The molecule has 0 aliphatic heterocycles. The molecule has 0 saturated carbocycles. The van der Waals surface area contributed by atoms with E-state index in [0.717, 1.165) is 57.8 Å². The number of carbonyl (C=O) groups is 2. The molecule has 0 aromatic carbocycles. The van der Waals surface area contributed by atoms with Crippen molar-refractivity contribution in [2.24, 2.45) is 0 Å². The quantitative estimate of drug-likeness (QED) is 0.0324. The summed E-state index contributed by atoms with van der Waals surface area (Å²) in [5.41, 5.74) is 0. The van der Waals surface area contributed by atoms with Crippen LogP contribution in [0.3, 0.4) is 0 Å². The third kappa shape index (κ3) is 43.7. The number of allylic oxidation sites excluding steroid dienone is 4. The highest BCUT2D eigenvalue weighted by Gasteiger charge is 2.20. The summed E-state index contributed by atoms with van der Waals surface area (Å²) in [6, 6.07) is -0.549. The normalized spacial score (nSPS) is 12.8. The van der Waals surface area contributed by atoms with Crippen molar-refractivity contribution in [3.8, 4) is 0 Å². The fourth-order valence-corrected chi connectivity index (χ4v) is 7.61. The maximum atomic E-state index is 12.4. The molecule has 0 fully saturated rings. The lowest BCUT2D eigenvalue weighted by Crippen LogP contribution is -2.45. The van der Waals surface area contributed by atoms with E-state index in [4.69, 9.17) is 4.74 Å². The summed E-state index contributed by atoms with van der Waals surface area (Å²) in [6.45, 7) is 4.88. The Morgan fingerprint density at radius 3 is 1.37 bits per heavy atom. The van der Waals surface area contributed by atoms with Crippen LogP contribution in [0.4, 0.5) is 0 Å². The van der Waals surface area contributed by atoms with Gasteiger partial charge in [0.2, 0.25) is 5.91 Å².